The predicted octanol–water partition coefficient (Wildman–Crippen LogP) is 5.70. The molecule has 0 radical (unpaired) electrons. The van der Waals surface area contributed by atoms with Gasteiger partial charge in [0.1, 0.15) is 11.1 Å². The van der Waals surface area contributed by atoms with Crippen molar-refractivity contribution in [3.63, 3.8) is 0 Å². The number of pyridine rings is 1. The van der Waals surface area contributed by atoms with E-state index in [2.05, 4.69) is 16.4 Å². The SMILES string of the molecule is Cc1c(Cl)cccc1NC(=O)CCSc1nc(-c2ccccc2)ccc1C#N. The Hall–Kier alpha value is -2.81. The molecule has 3 aromatic rings. The molecule has 1 heterocycles. The molecule has 0 saturated heterocycles. The van der Waals surface area contributed by atoms with Gasteiger partial charge in [-0.05, 0) is 36.8 Å². The summed E-state index contributed by atoms with van der Waals surface area (Å²) in [7, 11) is 0. The van der Waals surface area contributed by atoms with E-state index in [1.807, 2.05) is 49.4 Å². The van der Waals surface area contributed by atoms with Crippen LogP contribution in [-0.2, 0) is 4.79 Å². The smallest absolute Gasteiger partial charge is 0.225 e. The summed E-state index contributed by atoms with van der Waals surface area (Å²) in [5.74, 6) is 0.418. The van der Waals surface area contributed by atoms with Gasteiger partial charge in [-0.2, -0.15) is 5.26 Å². The van der Waals surface area contributed by atoms with Crippen LogP contribution in [0.1, 0.15) is 17.5 Å². The molecule has 1 N–H and O–H groups in total. The highest BCUT2D eigenvalue weighted by atomic mass is 35.5. The van der Waals surface area contributed by atoms with Gasteiger partial charge in [0.05, 0.1) is 11.3 Å². The first kappa shape index (κ1) is 19.9. The number of thioether (sulfide) groups is 1. The topological polar surface area (TPSA) is 65.8 Å². The third kappa shape index (κ3) is 4.92. The van der Waals surface area contributed by atoms with Crippen molar-refractivity contribution in [3.8, 4) is 17.3 Å². The summed E-state index contributed by atoms with van der Waals surface area (Å²) in [6, 6.07) is 21.0. The average Bonchev–Trinajstić information content (AvgIpc) is 2.72. The molecule has 0 aliphatic carbocycles. The Labute approximate surface area is 173 Å². The molecule has 0 aliphatic heterocycles. The molecule has 6 heteroatoms. The summed E-state index contributed by atoms with van der Waals surface area (Å²) in [5, 5.41) is 13.5. The fourth-order valence-electron chi connectivity index (χ4n) is 2.60. The van der Waals surface area contributed by atoms with Crippen LogP contribution in [-0.4, -0.2) is 16.6 Å². The van der Waals surface area contributed by atoms with Crippen molar-refractivity contribution in [2.75, 3.05) is 11.1 Å². The molecule has 0 aliphatic rings. The van der Waals surface area contributed by atoms with Gasteiger partial charge in [0.2, 0.25) is 5.91 Å². The number of carbonyl (C=O) groups is 1. The highest BCUT2D eigenvalue weighted by Gasteiger charge is 2.11. The lowest BCUT2D eigenvalue weighted by Gasteiger charge is -2.10. The van der Waals surface area contributed by atoms with Crippen LogP contribution in [0.25, 0.3) is 11.3 Å². The lowest BCUT2D eigenvalue weighted by molar-refractivity contribution is -0.115. The molecule has 140 valence electrons. The summed E-state index contributed by atoms with van der Waals surface area (Å²) in [6.07, 6.45) is 0.304. The zero-order valence-corrected chi connectivity index (χ0v) is 16.8. The summed E-state index contributed by atoms with van der Waals surface area (Å²) in [4.78, 5) is 16.9. The maximum atomic E-state index is 12.3. The van der Waals surface area contributed by atoms with Gasteiger partial charge < -0.3 is 5.32 Å². The molecular formula is C22H18ClN3OS. The minimum absolute atomic E-state index is 0.101. The molecule has 0 unspecified atom stereocenters. The largest absolute Gasteiger partial charge is 0.326 e. The van der Waals surface area contributed by atoms with E-state index in [1.165, 1.54) is 11.8 Å². The van der Waals surface area contributed by atoms with Crippen LogP contribution in [0, 0.1) is 18.3 Å². The first-order valence-corrected chi connectivity index (χ1v) is 10.1. The van der Waals surface area contributed by atoms with E-state index in [0.29, 0.717) is 33.5 Å². The van der Waals surface area contributed by atoms with Crippen molar-refractivity contribution >= 4 is 35.0 Å². The number of nitriles is 1. The van der Waals surface area contributed by atoms with E-state index < -0.39 is 0 Å². The first-order chi connectivity index (χ1) is 13.6. The van der Waals surface area contributed by atoms with Crippen molar-refractivity contribution in [2.45, 2.75) is 18.4 Å². The molecule has 0 bridgehead atoms. The second-order valence-corrected chi connectivity index (χ2v) is 7.58. The number of nitrogens with zero attached hydrogens (tertiary/aromatic N) is 2. The van der Waals surface area contributed by atoms with Crippen LogP contribution < -0.4 is 5.32 Å². The van der Waals surface area contributed by atoms with E-state index in [1.54, 1.807) is 18.2 Å². The molecule has 0 saturated carbocycles. The number of halogens is 1. The Kier molecular flexibility index (Phi) is 6.70. The Morgan fingerprint density at radius 1 is 1.14 bits per heavy atom. The fourth-order valence-corrected chi connectivity index (χ4v) is 3.69. The van der Waals surface area contributed by atoms with E-state index >= 15 is 0 Å². The second kappa shape index (κ2) is 9.41. The number of amides is 1. The number of aromatic nitrogens is 1. The maximum Gasteiger partial charge on any atom is 0.225 e. The van der Waals surface area contributed by atoms with Crippen LogP contribution in [0.5, 0.6) is 0 Å². The number of rotatable bonds is 6. The highest BCUT2D eigenvalue weighted by molar-refractivity contribution is 7.99. The van der Waals surface area contributed by atoms with Gasteiger partial charge in [0, 0.05) is 28.4 Å². The van der Waals surface area contributed by atoms with Crippen LogP contribution in [0.2, 0.25) is 5.02 Å². The van der Waals surface area contributed by atoms with Crippen LogP contribution in [0.4, 0.5) is 5.69 Å². The third-order valence-electron chi connectivity index (χ3n) is 4.16. The molecule has 2 aromatic carbocycles. The molecule has 1 amide bonds. The monoisotopic (exact) mass is 407 g/mol. The first-order valence-electron chi connectivity index (χ1n) is 8.73. The Morgan fingerprint density at radius 2 is 1.93 bits per heavy atom. The van der Waals surface area contributed by atoms with Gasteiger partial charge in [0.15, 0.2) is 0 Å². The van der Waals surface area contributed by atoms with Crippen LogP contribution in [0.3, 0.4) is 0 Å². The number of hydrogen-bond donors (Lipinski definition) is 1. The average molecular weight is 408 g/mol. The standard InChI is InChI=1S/C22H18ClN3OS/c1-15-18(23)8-5-9-19(15)25-21(27)12-13-28-22-17(14-24)10-11-20(26-22)16-6-3-2-4-7-16/h2-11H,12-13H2,1H3,(H,25,27). The molecular weight excluding hydrogens is 390 g/mol. The quantitative estimate of drug-likeness (QED) is 0.532. The summed E-state index contributed by atoms with van der Waals surface area (Å²) >= 11 is 7.49. The van der Waals surface area contributed by atoms with Gasteiger partial charge in [0.25, 0.3) is 0 Å². The molecule has 0 spiro atoms. The molecule has 3 rings (SSSR count). The Balaban J connectivity index is 1.64. The molecule has 1 aromatic heterocycles. The maximum absolute atomic E-state index is 12.3. The number of carbonyl (C=O) groups excluding carboxylic acids is 1. The molecule has 0 atom stereocenters. The van der Waals surface area contributed by atoms with Crippen molar-refractivity contribution in [3.05, 3.63) is 76.8 Å². The van der Waals surface area contributed by atoms with Crippen LogP contribution >= 0.6 is 23.4 Å². The molecule has 4 nitrogen and oxygen atoms in total. The summed E-state index contributed by atoms with van der Waals surface area (Å²) in [6.45, 7) is 1.87. The van der Waals surface area contributed by atoms with Gasteiger partial charge in [-0.1, -0.05) is 48.0 Å². The number of anilines is 1. The third-order valence-corrected chi connectivity index (χ3v) is 5.56. The minimum Gasteiger partial charge on any atom is -0.326 e. The zero-order chi connectivity index (χ0) is 19.9. The van der Waals surface area contributed by atoms with Crippen molar-refractivity contribution in [1.29, 1.82) is 5.26 Å². The molecule has 0 fully saturated rings. The zero-order valence-electron chi connectivity index (χ0n) is 15.3. The van der Waals surface area contributed by atoms with E-state index in [4.69, 9.17) is 11.6 Å². The van der Waals surface area contributed by atoms with Gasteiger partial charge in [-0.25, -0.2) is 4.98 Å². The van der Waals surface area contributed by atoms with Crippen molar-refractivity contribution in [2.24, 2.45) is 0 Å². The number of benzene rings is 2. The van der Waals surface area contributed by atoms with Gasteiger partial charge >= 0.3 is 0 Å². The molecule has 28 heavy (non-hydrogen) atoms. The fraction of sp³-hybridized carbons (Fsp3) is 0.136. The Morgan fingerprint density at radius 3 is 2.68 bits per heavy atom. The van der Waals surface area contributed by atoms with E-state index in [-0.39, 0.29) is 5.91 Å². The lowest BCUT2D eigenvalue weighted by atomic mass is 10.1. The minimum atomic E-state index is -0.101. The summed E-state index contributed by atoms with van der Waals surface area (Å²) < 4.78 is 0. The second-order valence-electron chi connectivity index (χ2n) is 6.09. The number of nitrogens with one attached hydrogen (secondary N) is 1. The normalized spacial score (nSPS) is 10.3. The van der Waals surface area contributed by atoms with Crippen molar-refractivity contribution < 1.29 is 4.79 Å². The van der Waals surface area contributed by atoms with E-state index in [0.717, 1.165) is 16.8 Å². The van der Waals surface area contributed by atoms with Gasteiger partial charge in [-0.15, -0.1) is 11.8 Å². The number of hydrogen-bond acceptors (Lipinski definition) is 4. The van der Waals surface area contributed by atoms with Crippen molar-refractivity contribution in [1.82, 2.24) is 4.98 Å². The highest BCUT2D eigenvalue weighted by Crippen LogP contribution is 2.26. The predicted molar refractivity (Wildman–Crippen MR) is 115 cm³/mol. The summed E-state index contributed by atoms with van der Waals surface area (Å²) in [5.41, 5.74) is 3.86. The van der Waals surface area contributed by atoms with E-state index in [9.17, 15) is 10.1 Å². The van der Waals surface area contributed by atoms with Gasteiger partial charge in [-0.3, -0.25) is 4.79 Å². The van der Waals surface area contributed by atoms with Crippen LogP contribution in [0.15, 0.2) is 65.7 Å². The lowest BCUT2D eigenvalue weighted by Crippen LogP contribution is -2.13. The Bertz CT molecular complexity index is 1030.